The Labute approximate surface area is 196 Å². The Morgan fingerprint density at radius 2 is 1.76 bits per heavy atom. The topological polar surface area (TPSA) is 84.0 Å². The molecular formula is C25H24N2O5S. The second kappa shape index (κ2) is 10.0. The van der Waals surface area contributed by atoms with Crippen molar-refractivity contribution in [2.45, 2.75) is 26.2 Å². The fraction of sp³-hybridized carbons (Fsp3) is 0.280. The summed E-state index contributed by atoms with van der Waals surface area (Å²) in [6.45, 7) is 3.03. The smallest absolute Gasteiger partial charge is 0.343 e. The lowest BCUT2D eigenvalue weighted by Crippen LogP contribution is -2.44. The van der Waals surface area contributed by atoms with Gasteiger partial charge in [-0.3, -0.25) is 19.3 Å². The number of benzene rings is 2. The molecule has 0 bridgehead atoms. The highest BCUT2D eigenvalue weighted by Crippen LogP contribution is 2.32. The monoisotopic (exact) mass is 464 g/mol. The molecule has 4 rings (SSSR count). The minimum absolute atomic E-state index is 0.205. The molecule has 2 aromatic rings. The molecule has 0 radical (unpaired) electrons. The Kier molecular flexibility index (Phi) is 6.93. The molecule has 7 nitrogen and oxygen atoms in total. The fourth-order valence-electron chi connectivity index (χ4n) is 3.69. The predicted octanol–water partition coefficient (Wildman–Crippen LogP) is 4.26. The number of rotatable bonds is 5. The second-order valence-electron chi connectivity index (χ2n) is 8.04. The van der Waals surface area contributed by atoms with Gasteiger partial charge in [0.05, 0.1) is 10.5 Å². The molecule has 170 valence electrons. The minimum atomic E-state index is -0.489. The van der Waals surface area contributed by atoms with Crippen LogP contribution in [0.15, 0.2) is 53.4 Å². The third-order valence-electron chi connectivity index (χ3n) is 5.53. The number of esters is 1. The van der Waals surface area contributed by atoms with E-state index in [2.05, 4.69) is 0 Å². The highest BCUT2D eigenvalue weighted by atomic mass is 32.2. The van der Waals surface area contributed by atoms with Gasteiger partial charge in [-0.25, -0.2) is 4.79 Å². The van der Waals surface area contributed by atoms with Crippen LogP contribution in [0.5, 0.6) is 5.75 Å². The minimum Gasteiger partial charge on any atom is -0.423 e. The number of hydrogen-bond donors (Lipinski definition) is 0. The van der Waals surface area contributed by atoms with Crippen molar-refractivity contribution in [2.24, 2.45) is 0 Å². The third-order valence-corrected chi connectivity index (χ3v) is 6.44. The molecule has 0 unspecified atom stereocenters. The molecule has 0 atom stereocenters. The second-order valence-corrected chi connectivity index (χ2v) is 9.03. The first kappa shape index (κ1) is 22.8. The zero-order chi connectivity index (χ0) is 23.4. The summed E-state index contributed by atoms with van der Waals surface area (Å²) in [4.78, 5) is 53.0. The van der Waals surface area contributed by atoms with E-state index in [9.17, 15) is 19.2 Å². The first-order valence-electron chi connectivity index (χ1n) is 10.8. The molecule has 0 aromatic heterocycles. The van der Waals surface area contributed by atoms with Crippen LogP contribution < -0.4 is 4.74 Å². The van der Waals surface area contributed by atoms with Gasteiger partial charge < -0.3 is 9.64 Å². The van der Waals surface area contributed by atoms with Gasteiger partial charge in [0.2, 0.25) is 5.91 Å². The number of carbonyl (C=O) groups excluding carboxylic acids is 4. The van der Waals surface area contributed by atoms with Crippen molar-refractivity contribution < 1.29 is 23.9 Å². The van der Waals surface area contributed by atoms with Crippen molar-refractivity contribution in [1.82, 2.24) is 9.80 Å². The maximum atomic E-state index is 12.8. The highest BCUT2D eigenvalue weighted by Gasteiger charge is 2.37. The van der Waals surface area contributed by atoms with Gasteiger partial charge in [0.25, 0.3) is 11.1 Å². The standard InChI is InChI=1S/C25H24N2O5S/c1-17-8-10-19(11-9-17)24(30)32-20-7-5-6-18(14-20)15-21-23(29)27(25(31)33-21)16-22(28)26-12-3-2-4-13-26/h5-11,14-15H,2-4,12-13,16H2,1H3/b21-15-. The maximum Gasteiger partial charge on any atom is 0.343 e. The van der Waals surface area contributed by atoms with Gasteiger partial charge in [-0.15, -0.1) is 0 Å². The molecule has 0 aliphatic carbocycles. The van der Waals surface area contributed by atoms with Gasteiger partial charge in [0, 0.05) is 13.1 Å². The summed E-state index contributed by atoms with van der Waals surface area (Å²) < 4.78 is 5.45. The summed E-state index contributed by atoms with van der Waals surface area (Å²) in [5.74, 6) is -0.849. The van der Waals surface area contributed by atoms with Gasteiger partial charge in [-0.1, -0.05) is 29.8 Å². The molecule has 2 saturated heterocycles. The average Bonchev–Trinajstić information content (AvgIpc) is 3.07. The van der Waals surface area contributed by atoms with Crippen LogP contribution in [0.25, 0.3) is 6.08 Å². The quantitative estimate of drug-likeness (QED) is 0.373. The molecule has 33 heavy (non-hydrogen) atoms. The Bertz CT molecular complexity index is 1120. The third kappa shape index (κ3) is 5.51. The molecule has 0 N–H and O–H groups in total. The van der Waals surface area contributed by atoms with Crippen LogP contribution in [0.1, 0.15) is 40.7 Å². The Morgan fingerprint density at radius 3 is 2.48 bits per heavy atom. The SMILES string of the molecule is Cc1ccc(C(=O)Oc2cccc(/C=C3\SC(=O)N(CC(=O)N4CCCCC4)C3=O)c2)cc1. The first-order chi connectivity index (χ1) is 15.9. The van der Waals surface area contributed by atoms with Gasteiger partial charge in [-0.05, 0) is 73.9 Å². The van der Waals surface area contributed by atoms with Crippen molar-refractivity contribution in [2.75, 3.05) is 19.6 Å². The first-order valence-corrected chi connectivity index (χ1v) is 11.6. The molecule has 2 heterocycles. The lowest BCUT2D eigenvalue weighted by molar-refractivity contribution is -0.136. The molecule has 2 aromatic carbocycles. The predicted molar refractivity (Wildman–Crippen MR) is 126 cm³/mol. The lowest BCUT2D eigenvalue weighted by Gasteiger charge is -2.27. The molecule has 3 amide bonds. The fourth-order valence-corrected chi connectivity index (χ4v) is 4.53. The molecule has 8 heteroatoms. The molecule has 0 saturated carbocycles. The van der Waals surface area contributed by atoms with Crippen molar-refractivity contribution >= 4 is 40.9 Å². The molecular weight excluding hydrogens is 440 g/mol. The van der Waals surface area contributed by atoms with Crippen molar-refractivity contribution in [3.8, 4) is 5.75 Å². The number of carbonyl (C=O) groups is 4. The molecule has 2 fully saturated rings. The summed E-state index contributed by atoms with van der Waals surface area (Å²) in [6, 6.07) is 13.8. The Balaban J connectivity index is 1.43. The Hall–Kier alpha value is -3.39. The summed E-state index contributed by atoms with van der Waals surface area (Å²) in [5, 5.41) is -0.460. The van der Waals surface area contributed by atoms with E-state index in [1.165, 1.54) is 0 Å². The van der Waals surface area contributed by atoms with Gasteiger partial charge >= 0.3 is 5.97 Å². The van der Waals surface area contributed by atoms with E-state index in [0.717, 1.165) is 41.5 Å². The number of amides is 3. The number of ether oxygens (including phenoxy) is 1. The van der Waals surface area contributed by atoms with Crippen molar-refractivity contribution in [1.29, 1.82) is 0 Å². The number of likely N-dealkylation sites (tertiary alicyclic amines) is 1. The van der Waals surface area contributed by atoms with E-state index in [1.807, 2.05) is 19.1 Å². The van der Waals surface area contributed by atoms with E-state index in [-0.39, 0.29) is 17.4 Å². The van der Waals surface area contributed by atoms with Crippen LogP contribution in [0.2, 0.25) is 0 Å². The molecule has 0 spiro atoms. The van der Waals surface area contributed by atoms with Crippen LogP contribution in [-0.4, -0.2) is 52.5 Å². The van der Waals surface area contributed by atoms with Crippen LogP contribution in [0, 0.1) is 6.92 Å². The highest BCUT2D eigenvalue weighted by molar-refractivity contribution is 8.18. The molecule has 2 aliphatic heterocycles. The van der Waals surface area contributed by atoms with Crippen LogP contribution in [-0.2, 0) is 9.59 Å². The van der Waals surface area contributed by atoms with Gasteiger partial charge in [0.1, 0.15) is 12.3 Å². The summed E-state index contributed by atoms with van der Waals surface area (Å²) in [7, 11) is 0. The zero-order valence-corrected chi connectivity index (χ0v) is 19.1. The summed E-state index contributed by atoms with van der Waals surface area (Å²) in [5.41, 5.74) is 2.09. The molecule has 2 aliphatic rings. The normalized spacial score (nSPS) is 17.5. The van der Waals surface area contributed by atoms with Crippen LogP contribution >= 0.6 is 11.8 Å². The van der Waals surface area contributed by atoms with Crippen LogP contribution in [0.3, 0.4) is 0 Å². The largest absolute Gasteiger partial charge is 0.423 e. The summed E-state index contributed by atoms with van der Waals surface area (Å²) in [6.07, 6.45) is 4.55. The number of aryl methyl sites for hydroxylation is 1. The van der Waals surface area contributed by atoms with E-state index in [4.69, 9.17) is 4.74 Å². The van der Waals surface area contributed by atoms with Crippen molar-refractivity contribution in [3.63, 3.8) is 0 Å². The van der Waals surface area contributed by atoms with E-state index < -0.39 is 17.1 Å². The van der Waals surface area contributed by atoms with E-state index in [0.29, 0.717) is 30.0 Å². The maximum absolute atomic E-state index is 12.8. The van der Waals surface area contributed by atoms with Crippen molar-refractivity contribution in [3.05, 3.63) is 70.1 Å². The number of imide groups is 1. The number of piperidine rings is 1. The number of hydrogen-bond acceptors (Lipinski definition) is 6. The lowest BCUT2D eigenvalue weighted by atomic mass is 10.1. The van der Waals surface area contributed by atoms with Gasteiger partial charge in [0.15, 0.2) is 0 Å². The van der Waals surface area contributed by atoms with Crippen LogP contribution in [0.4, 0.5) is 4.79 Å². The number of thioether (sulfide) groups is 1. The summed E-state index contributed by atoms with van der Waals surface area (Å²) >= 11 is 0.803. The van der Waals surface area contributed by atoms with Gasteiger partial charge in [-0.2, -0.15) is 0 Å². The van der Waals surface area contributed by atoms with E-state index >= 15 is 0 Å². The number of nitrogens with zero attached hydrogens (tertiary/aromatic N) is 2. The average molecular weight is 465 g/mol. The Morgan fingerprint density at radius 1 is 1.03 bits per heavy atom. The zero-order valence-electron chi connectivity index (χ0n) is 18.3. The van der Waals surface area contributed by atoms with E-state index in [1.54, 1.807) is 47.4 Å².